The summed E-state index contributed by atoms with van der Waals surface area (Å²) in [6, 6.07) is 33.0. The number of unbranched alkanes of at least 4 members (excludes halogenated alkanes) is 3. The van der Waals surface area contributed by atoms with E-state index in [0.717, 1.165) is 31.8 Å². The predicted molar refractivity (Wildman–Crippen MR) is 128 cm³/mol. The summed E-state index contributed by atoms with van der Waals surface area (Å²) in [5.41, 5.74) is 5.28. The summed E-state index contributed by atoms with van der Waals surface area (Å²) in [6.45, 7) is 0.421. The van der Waals surface area contributed by atoms with Gasteiger partial charge in [-0.05, 0) is 62.1 Å². The van der Waals surface area contributed by atoms with Gasteiger partial charge >= 0.3 is 5.97 Å². The Kier molecular flexibility index (Phi) is 10.9. The van der Waals surface area contributed by atoms with Gasteiger partial charge in [-0.2, -0.15) is 0 Å². The van der Waals surface area contributed by atoms with Crippen molar-refractivity contribution in [2.45, 2.75) is 25.7 Å². The Bertz CT molecular complexity index is 794. The average Bonchev–Trinajstić information content (AvgIpc) is 2.82. The first-order valence-corrected chi connectivity index (χ1v) is 12.7. The topological polar surface area (TPSA) is 52.3 Å². The molecule has 3 aromatic rings. The van der Waals surface area contributed by atoms with Crippen LogP contribution in [0.4, 0.5) is 0 Å². The third-order valence-corrected chi connectivity index (χ3v) is 9.93. The summed E-state index contributed by atoms with van der Waals surface area (Å²) in [4.78, 5) is 11.2. The van der Waals surface area contributed by atoms with E-state index in [4.69, 9.17) is 10.5 Å². The molecule has 0 radical (unpaired) electrons. The van der Waals surface area contributed by atoms with Crippen LogP contribution in [0.2, 0.25) is 0 Å². The van der Waals surface area contributed by atoms with Crippen molar-refractivity contribution >= 4 is 29.1 Å². The van der Waals surface area contributed by atoms with Crippen LogP contribution in [0.3, 0.4) is 0 Å². The quantitative estimate of drug-likeness (QED) is 0.243. The second-order valence-electron chi connectivity index (χ2n) is 7.38. The lowest BCUT2D eigenvalue weighted by molar-refractivity contribution is -0.142. The first-order valence-electron chi connectivity index (χ1n) is 10.7. The van der Waals surface area contributed by atoms with Crippen molar-refractivity contribution in [1.82, 2.24) is 0 Å². The second-order valence-corrected chi connectivity index (χ2v) is 11.0. The van der Waals surface area contributed by atoms with Crippen LogP contribution >= 0.6 is 7.26 Å². The van der Waals surface area contributed by atoms with Crippen LogP contribution in [0.1, 0.15) is 25.7 Å². The Labute approximate surface area is 197 Å². The maximum Gasteiger partial charge on any atom is 0.319 e. The standard InChI is InChI=1S/C26H31NO2P.BrH/c27-22-26(28)29-20-12-1-2-13-21-30(23-14-6-3-7-15-23,24-16-8-4-9-17-24)25-18-10-5-11-19-25;/h3-11,14-19H,1-2,12-13,20-22,27H2;1H/q+1;/p-1. The Balaban J connectivity index is 0.00000341. The average molecular weight is 500 g/mol. The molecule has 31 heavy (non-hydrogen) atoms. The van der Waals surface area contributed by atoms with E-state index in [1.54, 1.807) is 0 Å². The van der Waals surface area contributed by atoms with Gasteiger partial charge in [0.2, 0.25) is 0 Å². The minimum absolute atomic E-state index is 0. The van der Waals surface area contributed by atoms with E-state index in [1.165, 1.54) is 15.9 Å². The summed E-state index contributed by atoms with van der Waals surface area (Å²) in [5.74, 6) is -0.322. The van der Waals surface area contributed by atoms with E-state index in [0.29, 0.717) is 6.61 Å². The monoisotopic (exact) mass is 499 g/mol. The van der Waals surface area contributed by atoms with Crippen LogP contribution in [0.25, 0.3) is 0 Å². The van der Waals surface area contributed by atoms with Crippen LogP contribution in [0, 0.1) is 0 Å². The highest BCUT2D eigenvalue weighted by molar-refractivity contribution is 7.95. The van der Waals surface area contributed by atoms with Crippen molar-refractivity contribution in [2.75, 3.05) is 19.3 Å². The number of rotatable bonds is 11. The molecule has 0 spiro atoms. The highest BCUT2D eigenvalue weighted by Gasteiger charge is 2.44. The Morgan fingerprint density at radius 2 is 1.10 bits per heavy atom. The Morgan fingerprint density at radius 1 is 0.677 bits per heavy atom. The molecule has 3 aromatic carbocycles. The molecule has 0 fully saturated rings. The molecule has 2 N–H and O–H groups in total. The molecule has 3 rings (SSSR count). The number of carbonyl (C=O) groups excluding carboxylic acids is 1. The van der Waals surface area contributed by atoms with E-state index in [-0.39, 0.29) is 29.5 Å². The van der Waals surface area contributed by atoms with Gasteiger partial charge in [0, 0.05) is 0 Å². The molecule has 0 atom stereocenters. The van der Waals surface area contributed by atoms with Crippen molar-refractivity contribution in [2.24, 2.45) is 5.73 Å². The van der Waals surface area contributed by atoms with Gasteiger partial charge in [-0.3, -0.25) is 4.79 Å². The maximum absolute atomic E-state index is 11.2. The largest absolute Gasteiger partial charge is 1.00 e. The third kappa shape index (κ3) is 6.74. The summed E-state index contributed by atoms with van der Waals surface area (Å²) >= 11 is 0. The predicted octanol–water partition coefficient (Wildman–Crippen LogP) is 1.05. The van der Waals surface area contributed by atoms with E-state index in [2.05, 4.69) is 91.0 Å². The lowest BCUT2D eigenvalue weighted by atomic mass is 10.2. The third-order valence-electron chi connectivity index (χ3n) is 5.41. The minimum atomic E-state index is -1.73. The fourth-order valence-corrected chi connectivity index (χ4v) is 8.34. The summed E-state index contributed by atoms with van der Waals surface area (Å²) in [5, 5.41) is 4.29. The van der Waals surface area contributed by atoms with Crippen LogP contribution in [-0.4, -0.2) is 25.3 Å². The van der Waals surface area contributed by atoms with Gasteiger partial charge in [0.25, 0.3) is 0 Å². The number of ether oxygens (including phenoxy) is 1. The fourth-order valence-electron chi connectivity index (χ4n) is 3.93. The smallest absolute Gasteiger partial charge is 0.319 e. The van der Waals surface area contributed by atoms with Gasteiger partial charge in [-0.1, -0.05) is 54.6 Å². The first-order chi connectivity index (χ1) is 14.8. The molecule has 5 heteroatoms. The van der Waals surface area contributed by atoms with Gasteiger partial charge < -0.3 is 27.5 Å². The van der Waals surface area contributed by atoms with Crippen molar-refractivity contribution in [1.29, 1.82) is 0 Å². The number of hydrogen-bond acceptors (Lipinski definition) is 3. The zero-order valence-electron chi connectivity index (χ0n) is 17.8. The molecule has 0 unspecified atom stereocenters. The van der Waals surface area contributed by atoms with Gasteiger partial charge in [-0.15, -0.1) is 0 Å². The highest BCUT2D eigenvalue weighted by atomic mass is 79.9. The molecule has 3 nitrogen and oxygen atoms in total. The van der Waals surface area contributed by atoms with Crippen LogP contribution in [-0.2, 0) is 9.53 Å². The number of halogens is 1. The number of esters is 1. The molecular weight excluding hydrogens is 469 g/mol. The number of hydrogen-bond donors (Lipinski definition) is 1. The van der Waals surface area contributed by atoms with E-state index >= 15 is 0 Å². The van der Waals surface area contributed by atoms with Gasteiger partial charge in [-0.25, -0.2) is 0 Å². The van der Waals surface area contributed by atoms with Crippen molar-refractivity contribution < 1.29 is 26.5 Å². The van der Waals surface area contributed by atoms with E-state index in [1.807, 2.05) is 0 Å². The normalized spacial score (nSPS) is 10.9. The molecule has 0 saturated heterocycles. The van der Waals surface area contributed by atoms with Gasteiger partial charge in [0.1, 0.15) is 23.2 Å². The number of benzene rings is 3. The lowest BCUT2D eigenvalue weighted by Gasteiger charge is -2.27. The van der Waals surface area contributed by atoms with Crippen molar-refractivity contribution in [3.05, 3.63) is 91.0 Å². The molecule has 0 amide bonds. The fraction of sp³-hybridized carbons (Fsp3) is 0.269. The minimum Gasteiger partial charge on any atom is -1.00 e. The molecule has 164 valence electrons. The molecule has 0 aliphatic rings. The molecule has 0 bridgehead atoms. The lowest BCUT2D eigenvalue weighted by Crippen LogP contribution is -3.00. The Morgan fingerprint density at radius 3 is 1.52 bits per heavy atom. The summed E-state index contributed by atoms with van der Waals surface area (Å²) in [7, 11) is -1.73. The number of carbonyl (C=O) groups is 1. The summed E-state index contributed by atoms with van der Waals surface area (Å²) in [6.07, 6.45) is 5.33. The SMILES string of the molecule is NCC(=O)OCCCCCC[P+](c1ccccc1)(c1ccccc1)c1ccccc1.[Br-]. The number of nitrogens with two attached hydrogens (primary N) is 1. The van der Waals surface area contributed by atoms with Crippen molar-refractivity contribution in [3.63, 3.8) is 0 Å². The zero-order chi connectivity index (χ0) is 21.1. The molecular formula is C26H31BrNO2P. The first kappa shape index (κ1) is 25.3. The highest BCUT2D eigenvalue weighted by Crippen LogP contribution is 2.55. The van der Waals surface area contributed by atoms with Crippen molar-refractivity contribution in [3.8, 4) is 0 Å². The van der Waals surface area contributed by atoms with Gasteiger partial charge in [0.15, 0.2) is 0 Å². The molecule has 0 aliphatic carbocycles. The van der Waals surface area contributed by atoms with Crippen LogP contribution in [0.5, 0.6) is 0 Å². The van der Waals surface area contributed by atoms with E-state index in [9.17, 15) is 4.79 Å². The van der Waals surface area contributed by atoms with Crippen LogP contribution in [0.15, 0.2) is 91.0 Å². The Hall–Kier alpha value is -2.00. The molecule has 0 aromatic heterocycles. The van der Waals surface area contributed by atoms with Crippen LogP contribution < -0.4 is 38.6 Å². The zero-order valence-corrected chi connectivity index (χ0v) is 20.3. The molecule has 0 saturated carbocycles. The second kappa shape index (κ2) is 13.4. The molecule has 0 heterocycles. The maximum atomic E-state index is 11.2. The molecule has 0 aliphatic heterocycles. The van der Waals surface area contributed by atoms with Gasteiger partial charge in [0.05, 0.1) is 19.3 Å². The summed E-state index contributed by atoms with van der Waals surface area (Å²) < 4.78 is 5.09. The van der Waals surface area contributed by atoms with E-state index < -0.39 is 7.26 Å².